The summed E-state index contributed by atoms with van der Waals surface area (Å²) in [6, 6.07) is 0. The molecule has 0 aromatic heterocycles. The Morgan fingerprint density at radius 2 is 2.00 bits per heavy atom. The second-order valence-corrected chi connectivity index (χ2v) is 2.53. The number of hydrogen-bond acceptors (Lipinski definition) is 2. The van der Waals surface area contributed by atoms with Gasteiger partial charge in [0, 0.05) is 6.61 Å². The van der Waals surface area contributed by atoms with Crippen molar-refractivity contribution in [1.29, 1.82) is 0 Å². The summed E-state index contributed by atoms with van der Waals surface area (Å²) in [5, 5.41) is 8.69. The Hall–Kier alpha value is -0.0800. The molecule has 0 spiro atoms. The average Bonchev–Trinajstić information content (AvgIpc) is 1.87. The Kier molecular flexibility index (Phi) is 6.98. The Morgan fingerprint density at radius 3 is 2.50 bits per heavy atom. The van der Waals surface area contributed by atoms with Gasteiger partial charge in [0.15, 0.2) is 6.29 Å². The molecule has 10 heavy (non-hydrogen) atoms. The zero-order valence-electron chi connectivity index (χ0n) is 6.97. The summed E-state index contributed by atoms with van der Waals surface area (Å²) in [6.45, 7) is 4.51. The first-order valence-corrected chi connectivity index (χ1v) is 4.07. The fraction of sp³-hybridized carbons (Fsp3) is 1.00. The first kappa shape index (κ1) is 9.92. The van der Waals surface area contributed by atoms with Gasteiger partial charge in [0.2, 0.25) is 0 Å². The predicted octanol–water partition coefficient (Wildman–Crippen LogP) is 1.92. The van der Waals surface area contributed by atoms with Crippen LogP contribution in [-0.4, -0.2) is 18.0 Å². The maximum atomic E-state index is 8.69. The van der Waals surface area contributed by atoms with Crippen LogP contribution in [0.2, 0.25) is 0 Å². The van der Waals surface area contributed by atoms with Crippen LogP contribution in [0.3, 0.4) is 0 Å². The van der Waals surface area contributed by atoms with Crippen molar-refractivity contribution in [2.75, 3.05) is 6.61 Å². The zero-order valence-corrected chi connectivity index (χ0v) is 6.97. The molecule has 0 aromatic carbocycles. The van der Waals surface area contributed by atoms with Crippen LogP contribution < -0.4 is 0 Å². The molecule has 0 saturated carbocycles. The lowest BCUT2D eigenvalue weighted by Gasteiger charge is -2.04. The Labute approximate surface area is 63.2 Å². The molecule has 2 heteroatoms. The third-order valence-electron chi connectivity index (χ3n) is 1.36. The molecular weight excluding hydrogens is 128 g/mol. The van der Waals surface area contributed by atoms with Crippen LogP contribution in [0.1, 0.15) is 39.5 Å². The summed E-state index contributed by atoms with van der Waals surface area (Å²) >= 11 is 0. The minimum atomic E-state index is -0.596. The van der Waals surface area contributed by atoms with Gasteiger partial charge in [0.25, 0.3) is 0 Å². The van der Waals surface area contributed by atoms with Crippen molar-refractivity contribution in [3.63, 3.8) is 0 Å². The molecule has 0 saturated heterocycles. The molecule has 62 valence electrons. The second-order valence-electron chi connectivity index (χ2n) is 2.53. The van der Waals surface area contributed by atoms with Gasteiger partial charge in [0.05, 0.1) is 0 Å². The average molecular weight is 146 g/mol. The van der Waals surface area contributed by atoms with Crippen molar-refractivity contribution < 1.29 is 9.84 Å². The highest BCUT2D eigenvalue weighted by Gasteiger charge is 1.92. The maximum absolute atomic E-state index is 8.69. The topological polar surface area (TPSA) is 29.5 Å². The van der Waals surface area contributed by atoms with Gasteiger partial charge in [-0.2, -0.15) is 0 Å². The van der Waals surface area contributed by atoms with E-state index in [-0.39, 0.29) is 0 Å². The van der Waals surface area contributed by atoms with Crippen molar-refractivity contribution in [3.8, 4) is 0 Å². The Morgan fingerprint density at radius 1 is 1.30 bits per heavy atom. The lowest BCUT2D eigenvalue weighted by molar-refractivity contribution is -0.0859. The molecule has 0 bridgehead atoms. The van der Waals surface area contributed by atoms with Crippen LogP contribution in [0.5, 0.6) is 0 Å². The highest BCUT2D eigenvalue weighted by atomic mass is 16.6. The van der Waals surface area contributed by atoms with Crippen molar-refractivity contribution in [2.45, 2.75) is 45.8 Å². The molecule has 0 unspecified atom stereocenters. The predicted molar refractivity (Wildman–Crippen MR) is 41.8 cm³/mol. The molecule has 2 nitrogen and oxygen atoms in total. The van der Waals surface area contributed by atoms with Crippen LogP contribution in [0.15, 0.2) is 0 Å². The van der Waals surface area contributed by atoms with E-state index >= 15 is 0 Å². The quantitative estimate of drug-likeness (QED) is 0.458. The summed E-state index contributed by atoms with van der Waals surface area (Å²) in [7, 11) is 0. The first-order chi connectivity index (χ1) is 4.77. The molecule has 0 fully saturated rings. The van der Waals surface area contributed by atoms with E-state index in [0.29, 0.717) is 6.61 Å². The van der Waals surface area contributed by atoms with Gasteiger partial charge >= 0.3 is 0 Å². The van der Waals surface area contributed by atoms with Crippen LogP contribution >= 0.6 is 0 Å². The van der Waals surface area contributed by atoms with E-state index in [1.54, 1.807) is 6.92 Å². The second kappa shape index (κ2) is 7.03. The number of hydrogen-bond donors (Lipinski definition) is 1. The van der Waals surface area contributed by atoms with Crippen molar-refractivity contribution in [3.05, 3.63) is 0 Å². The lowest BCUT2D eigenvalue weighted by atomic mass is 10.2. The number of ether oxygens (including phenoxy) is 1. The van der Waals surface area contributed by atoms with Gasteiger partial charge in [-0.1, -0.05) is 26.2 Å². The molecule has 0 aromatic rings. The van der Waals surface area contributed by atoms with Crippen molar-refractivity contribution in [1.82, 2.24) is 0 Å². The van der Waals surface area contributed by atoms with Crippen LogP contribution in [-0.2, 0) is 4.74 Å². The molecule has 1 N–H and O–H groups in total. The molecular formula is C8H18O2. The summed E-state index contributed by atoms with van der Waals surface area (Å²) < 4.78 is 4.94. The molecule has 0 aliphatic rings. The third-order valence-corrected chi connectivity index (χ3v) is 1.36. The third kappa shape index (κ3) is 7.92. The van der Waals surface area contributed by atoms with E-state index in [1.165, 1.54) is 19.3 Å². The molecule has 0 aliphatic carbocycles. The van der Waals surface area contributed by atoms with E-state index in [2.05, 4.69) is 6.92 Å². The van der Waals surface area contributed by atoms with Gasteiger partial charge in [-0.05, 0) is 13.3 Å². The lowest BCUT2D eigenvalue weighted by Crippen LogP contribution is -2.06. The largest absolute Gasteiger partial charge is 0.368 e. The minimum Gasteiger partial charge on any atom is -0.368 e. The van der Waals surface area contributed by atoms with Gasteiger partial charge in [-0.3, -0.25) is 0 Å². The van der Waals surface area contributed by atoms with Gasteiger partial charge < -0.3 is 9.84 Å². The standard InChI is InChI=1S/C8H18O2/c1-3-4-5-6-7-10-8(2)9/h8-9H,3-7H2,1-2H3/t8-/m0/s1. The van der Waals surface area contributed by atoms with E-state index in [4.69, 9.17) is 9.84 Å². The van der Waals surface area contributed by atoms with Gasteiger partial charge in [-0.25, -0.2) is 0 Å². The fourth-order valence-electron chi connectivity index (χ4n) is 0.783. The van der Waals surface area contributed by atoms with E-state index < -0.39 is 6.29 Å². The van der Waals surface area contributed by atoms with E-state index in [9.17, 15) is 0 Å². The van der Waals surface area contributed by atoms with Gasteiger partial charge in [0.1, 0.15) is 0 Å². The highest BCUT2D eigenvalue weighted by Crippen LogP contribution is 1.99. The fourth-order valence-corrected chi connectivity index (χ4v) is 0.783. The molecule has 0 radical (unpaired) electrons. The monoisotopic (exact) mass is 146 g/mol. The number of unbranched alkanes of at least 4 members (excludes halogenated alkanes) is 3. The van der Waals surface area contributed by atoms with Crippen molar-refractivity contribution >= 4 is 0 Å². The normalized spacial score (nSPS) is 13.5. The van der Waals surface area contributed by atoms with Crippen LogP contribution in [0.4, 0.5) is 0 Å². The molecule has 0 aliphatic heterocycles. The highest BCUT2D eigenvalue weighted by molar-refractivity contribution is 4.38. The summed E-state index contributed by atoms with van der Waals surface area (Å²) in [6.07, 6.45) is 4.20. The number of aliphatic hydroxyl groups is 1. The summed E-state index contributed by atoms with van der Waals surface area (Å²) in [5.74, 6) is 0. The van der Waals surface area contributed by atoms with Crippen LogP contribution in [0.25, 0.3) is 0 Å². The Balaban J connectivity index is 2.77. The smallest absolute Gasteiger partial charge is 0.151 e. The number of aliphatic hydroxyl groups excluding tert-OH is 1. The summed E-state index contributed by atoms with van der Waals surface area (Å²) in [5.41, 5.74) is 0. The van der Waals surface area contributed by atoms with Gasteiger partial charge in [-0.15, -0.1) is 0 Å². The van der Waals surface area contributed by atoms with E-state index in [1.807, 2.05) is 0 Å². The first-order valence-electron chi connectivity index (χ1n) is 4.07. The number of rotatable bonds is 6. The zero-order chi connectivity index (χ0) is 7.82. The Bertz CT molecular complexity index is 62.3. The molecule has 0 amide bonds. The minimum absolute atomic E-state index is 0.596. The van der Waals surface area contributed by atoms with Crippen LogP contribution in [0, 0.1) is 0 Å². The molecule has 0 heterocycles. The maximum Gasteiger partial charge on any atom is 0.151 e. The van der Waals surface area contributed by atoms with E-state index in [0.717, 1.165) is 6.42 Å². The molecule has 1 atom stereocenters. The molecule has 0 rings (SSSR count). The SMILES string of the molecule is CCCCCCO[C@@H](C)O. The van der Waals surface area contributed by atoms with Crippen molar-refractivity contribution in [2.24, 2.45) is 0 Å². The summed E-state index contributed by atoms with van der Waals surface area (Å²) in [4.78, 5) is 0.